The number of amides is 2. The van der Waals surface area contributed by atoms with Crippen LogP contribution in [-0.4, -0.2) is 23.5 Å². The van der Waals surface area contributed by atoms with Crippen molar-refractivity contribution in [2.24, 2.45) is 0 Å². The van der Waals surface area contributed by atoms with E-state index in [0.717, 1.165) is 17.0 Å². The van der Waals surface area contributed by atoms with Crippen molar-refractivity contribution in [3.05, 3.63) is 40.6 Å². The third-order valence-electron chi connectivity index (χ3n) is 3.13. The van der Waals surface area contributed by atoms with Crippen molar-refractivity contribution < 1.29 is 27.3 Å². The molecule has 0 unspecified atom stereocenters. The summed E-state index contributed by atoms with van der Waals surface area (Å²) < 4.78 is 43.4. The maximum atomic E-state index is 12.8. The second-order valence-electron chi connectivity index (χ2n) is 5.14. The van der Waals surface area contributed by atoms with Crippen molar-refractivity contribution in [1.29, 1.82) is 0 Å². The SMILES string of the molecule is CC(=O)N(CC(=O)Nc1ccc(Cl)c(C(F)(F)F)c1)c1cc(C)on1. The van der Waals surface area contributed by atoms with E-state index in [1.54, 1.807) is 6.92 Å². The van der Waals surface area contributed by atoms with Gasteiger partial charge in [-0.25, -0.2) is 0 Å². The van der Waals surface area contributed by atoms with E-state index in [9.17, 15) is 22.8 Å². The molecule has 1 aromatic carbocycles. The number of hydrogen-bond acceptors (Lipinski definition) is 4. The molecular formula is C15H13ClF3N3O3. The molecule has 0 bridgehead atoms. The summed E-state index contributed by atoms with van der Waals surface area (Å²) >= 11 is 5.52. The summed E-state index contributed by atoms with van der Waals surface area (Å²) in [4.78, 5) is 24.8. The highest BCUT2D eigenvalue weighted by Gasteiger charge is 2.33. The molecule has 0 saturated carbocycles. The molecule has 0 aliphatic rings. The fourth-order valence-corrected chi connectivity index (χ4v) is 2.22. The number of alkyl halides is 3. The molecule has 2 aromatic rings. The number of nitrogens with one attached hydrogen (secondary N) is 1. The molecule has 0 spiro atoms. The number of nitrogens with zero attached hydrogens (tertiary/aromatic N) is 2. The van der Waals surface area contributed by atoms with Crippen LogP contribution in [0.15, 0.2) is 28.8 Å². The van der Waals surface area contributed by atoms with Gasteiger partial charge in [-0.1, -0.05) is 16.8 Å². The molecule has 134 valence electrons. The molecular weight excluding hydrogens is 363 g/mol. The largest absolute Gasteiger partial charge is 0.417 e. The van der Waals surface area contributed by atoms with E-state index >= 15 is 0 Å². The van der Waals surface area contributed by atoms with Gasteiger partial charge < -0.3 is 9.84 Å². The van der Waals surface area contributed by atoms with Crippen molar-refractivity contribution in [2.75, 3.05) is 16.8 Å². The molecule has 2 rings (SSSR count). The summed E-state index contributed by atoms with van der Waals surface area (Å²) in [5.41, 5.74) is -1.16. The van der Waals surface area contributed by atoms with Gasteiger partial charge in [0, 0.05) is 18.7 Å². The predicted octanol–water partition coefficient (Wildman–Crippen LogP) is 3.65. The minimum absolute atomic E-state index is 0.0958. The first-order chi connectivity index (χ1) is 11.6. The molecule has 2 amide bonds. The maximum absolute atomic E-state index is 12.8. The third-order valence-corrected chi connectivity index (χ3v) is 3.46. The second kappa shape index (κ2) is 7.14. The molecule has 6 nitrogen and oxygen atoms in total. The maximum Gasteiger partial charge on any atom is 0.417 e. The molecule has 0 saturated heterocycles. The summed E-state index contributed by atoms with van der Waals surface area (Å²) in [5.74, 6) is -0.608. The lowest BCUT2D eigenvalue weighted by Crippen LogP contribution is -2.36. The third kappa shape index (κ3) is 4.72. The van der Waals surface area contributed by atoms with Gasteiger partial charge in [0.1, 0.15) is 12.3 Å². The number of carbonyl (C=O) groups excluding carboxylic acids is 2. The first kappa shape index (κ1) is 18.8. The number of aryl methyl sites for hydroxylation is 1. The van der Waals surface area contributed by atoms with Gasteiger partial charge >= 0.3 is 6.18 Å². The molecule has 0 aliphatic carbocycles. The number of halogens is 4. The van der Waals surface area contributed by atoms with Crippen LogP contribution in [0.1, 0.15) is 18.2 Å². The highest BCUT2D eigenvalue weighted by atomic mass is 35.5. The highest BCUT2D eigenvalue weighted by Crippen LogP contribution is 2.36. The van der Waals surface area contributed by atoms with Crippen LogP contribution in [-0.2, 0) is 15.8 Å². The summed E-state index contributed by atoms with van der Waals surface area (Å²) in [6, 6.07) is 4.44. The Kier molecular flexibility index (Phi) is 5.36. The fourth-order valence-electron chi connectivity index (χ4n) is 2.00. The average molecular weight is 376 g/mol. The Balaban J connectivity index is 2.15. The Morgan fingerprint density at radius 2 is 2.00 bits per heavy atom. The van der Waals surface area contributed by atoms with Gasteiger partial charge in [0.2, 0.25) is 11.8 Å². The van der Waals surface area contributed by atoms with Crippen LogP contribution in [0.3, 0.4) is 0 Å². The molecule has 1 heterocycles. The average Bonchev–Trinajstić information content (AvgIpc) is 2.91. The number of benzene rings is 1. The van der Waals surface area contributed by atoms with Crippen LogP contribution in [0.2, 0.25) is 5.02 Å². The van der Waals surface area contributed by atoms with Gasteiger partial charge in [-0.2, -0.15) is 13.2 Å². The van der Waals surface area contributed by atoms with Crippen LogP contribution in [0, 0.1) is 6.92 Å². The number of anilines is 2. The van der Waals surface area contributed by atoms with Crippen molar-refractivity contribution in [2.45, 2.75) is 20.0 Å². The quantitative estimate of drug-likeness (QED) is 0.885. The summed E-state index contributed by atoms with van der Waals surface area (Å²) in [6.45, 7) is 2.40. The topological polar surface area (TPSA) is 75.4 Å². The van der Waals surface area contributed by atoms with Crippen LogP contribution >= 0.6 is 11.6 Å². The van der Waals surface area contributed by atoms with Gasteiger partial charge in [-0.3, -0.25) is 14.5 Å². The Morgan fingerprint density at radius 1 is 1.32 bits per heavy atom. The van der Waals surface area contributed by atoms with Crippen LogP contribution in [0.25, 0.3) is 0 Å². The smallest absolute Gasteiger partial charge is 0.360 e. The molecule has 25 heavy (non-hydrogen) atoms. The second-order valence-corrected chi connectivity index (χ2v) is 5.55. The number of carbonyl (C=O) groups is 2. The Hall–Kier alpha value is -2.55. The van der Waals surface area contributed by atoms with Gasteiger partial charge in [0.15, 0.2) is 5.82 Å². The number of hydrogen-bond donors (Lipinski definition) is 1. The normalized spacial score (nSPS) is 11.3. The number of rotatable bonds is 4. The van der Waals surface area contributed by atoms with Crippen LogP contribution < -0.4 is 10.2 Å². The van der Waals surface area contributed by atoms with E-state index in [4.69, 9.17) is 16.1 Å². The lowest BCUT2D eigenvalue weighted by Gasteiger charge is -2.17. The van der Waals surface area contributed by atoms with Gasteiger partial charge in [-0.05, 0) is 25.1 Å². The van der Waals surface area contributed by atoms with Crippen molar-refractivity contribution in [3.63, 3.8) is 0 Å². The zero-order chi connectivity index (χ0) is 18.8. The molecule has 1 N–H and O–H groups in total. The van der Waals surface area contributed by atoms with Crippen molar-refractivity contribution >= 4 is 34.9 Å². The Labute approximate surface area is 145 Å². The van der Waals surface area contributed by atoms with E-state index in [-0.39, 0.29) is 11.5 Å². The molecule has 0 radical (unpaired) electrons. The highest BCUT2D eigenvalue weighted by molar-refractivity contribution is 6.31. The van der Waals surface area contributed by atoms with Gasteiger partial charge in [0.05, 0.1) is 10.6 Å². The molecule has 10 heteroatoms. The Morgan fingerprint density at radius 3 is 2.52 bits per heavy atom. The van der Waals surface area contributed by atoms with E-state index in [2.05, 4.69) is 10.5 Å². The monoisotopic (exact) mass is 375 g/mol. The van der Waals surface area contributed by atoms with E-state index < -0.39 is 35.1 Å². The van der Waals surface area contributed by atoms with E-state index in [1.807, 2.05) is 0 Å². The van der Waals surface area contributed by atoms with Crippen LogP contribution in [0.5, 0.6) is 0 Å². The van der Waals surface area contributed by atoms with E-state index in [0.29, 0.717) is 5.76 Å². The standard InChI is InChI=1S/C15H13ClF3N3O3/c1-8-5-13(21-25-8)22(9(2)23)7-14(24)20-10-3-4-12(16)11(6-10)15(17,18)19/h3-6H,7H2,1-2H3,(H,20,24). The zero-order valence-corrected chi connectivity index (χ0v) is 13.9. The fraction of sp³-hybridized carbons (Fsp3) is 0.267. The molecule has 0 aliphatic heterocycles. The summed E-state index contributed by atoms with van der Waals surface area (Å²) in [5, 5.41) is 5.46. The van der Waals surface area contributed by atoms with Crippen LogP contribution in [0.4, 0.5) is 24.7 Å². The lowest BCUT2D eigenvalue weighted by molar-refractivity contribution is -0.137. The molecule has 1 aromatic heterocycles. The minimum Gasteiger partial charge on any atom is -0.360 e. The minimum atomic E-state index is -4.65. The molecule has 0 atom stereocenters. The van der Waals surface area contributed by atoms with E-state index in [1.165, 1.54) is 19.1 Å². The van der Waals surface area contributed by atoms with Gasteiger partial charge in [-0.15, -0.1) is 0 Å². The van der Waals surface area contributed by atoms with Gasteiger partial charge in [0.25, 0.3) is 0 Å². The summed E-state index contributed by atoms with van der Waals surface area (Å²) in [7, 11) is 0. The predicted molar refractivity (Wildman–Crippen MR) is 84.4 cm³/mol. The molecule has 0 fully saturated rings. The number of aromatic nitrogens is 1. The van der Waals surface area contributed by atoms with Crippen molar-refractivity contribution in [1.82, 2.24) is 5.16 Å². The summed E-state index contributed by atoms with van der Waals surface area (Å²) in [6.07, 6.45) is -4.65. The first-order valence-corrected chi connectivity index (χ1v) is 7.33. The first-order valence-electron chi connectivity index (χ1n) is 6.96. The van der Waals surface area contributed by atoms with Crippen molar-refractivity contribution in [3.8, 4) is 0 Å². The Bertz CT molecular complexity index is 805. The zero-order valence-electron chi connectivity index (χ0n) is 13.1. The lowest BCUT2D eigenvalue weighted by atomic mass is 10.2.